The van der Waals surface area contributed by atoms with Crippen LogP contribution in [0.3, 0.4) is 0 Å². The van der Waals surface area contributed by atoms with Gasteiger partial charge in [0.15, 0.2) is 0 Å². The minimum Gasteiger partial charge on any atom is -0.458 e. The first-order valence-corrected chi connectivity index (χ1v) is 26.3. The predicted octanol–water partition coefficient (Wildman–Crippen LogP) is 13.6. The summed E-state index contributed by atoms with van der Waals surface area (Å²) < 4.78 is 7.03. The molecule has 10 aromatic rings. The minimum atomic E-state index is -0.193. The summed E-state index contributed by atoms with van der Waals surface area (Å²) in [5.74, 6) is 3.62. The van der Waals surface area contributed by atoms with E-state index < -0.39 is 0 Å². The smallest absolute Gasteiger partial charge is 0.258 e. The van der Waals surface area contributed by atoms with Crippen LogP contribution >= 0.6 is 0 Å². The highest BCUT2D eigenvalue weighted by atomic mass is 16.5. The molecule has 0 aliphatic carbocycles. The summed E-state index contributed by atoms with van der Waals surface area (Å²) >= 11 is 0. The van der Waals surface area contributed by atoms with Crippen molar-refractivity contribution in [3.63, 3.8) is 0 Å². The van der Waals surface area contributed by atoms with Crippen LogP contribution in [-0.4, -0.2) is 18.4 Å². The number of aromatic nitrogens is 1. The van der Waals surface area contributed by atoms with Gasteiger partial charge >= 0.3 is 0 Å². The maximum atomic E-state index is 7.03. The maximum Gasteiger partial charge on any atom is 0.258 e. The van der Waals surface area contributed by atoms with Crippen molar-refractivity contribution in [3.05, 3.63) is 236 Å². The molecule has 0 saturated heterocycles. The van der Waals surface area contributed by atoms with Gasteiger partial charge in [-0.25, -0.2) is 4.98 Å². The Bertz CT molecular complexity index is 3820. The number of fused-ring (bicyclic) bond motifs is 8. The highest BCUT2D eigenvalue weighted by Gasteiger charge is 2.49. The molecule has 4 aliphatic rings. The van der Waals surface area contributed by atoms with Crippen molar-refractivity contribution < 1.29 is 4.74 Å². The van der Waals surface area contributed by atoms with E-state index in [0.29, 0.717) is 0 Å². The zero-order chi connectivity index (χ0) is 50.7. The SMILES string of the molecule is CC(C)(C)c1cc2c3c(c1)N(c1ccccc1)c1nc4c(cc1B3c1ccccc1O2)B1c2ccc(N(c3ccccc3)c3ccccc3)cc2N(c2ccccc2)c2cc(C(C)(C)C)cc(c21)N4c1ccccc1. The van der Waals surface area contributed by atoms with E-state index in [1.54, 1.807) is 0 Å². The largest absolute Gasteiger partial charge is 0.458 e. The third-order valence-corrected chi connectivity index (χ3v) is 15.7. The van der Waals surface area contributed by atoms with E-state index in [0.717, 1.165) is 96.2 Å². The van der Waals surface area contributed by atoms with Gasteiger partial charge in [0.1, 0.15) is 23.1 Å². The lowest BCUT2D eigenvalue weighted by molar-refractivity contribution is 0.483. The Morgan fingerprint density at radius 3 is 1.33 bits per heavy atom. The zero-order valence-electron chi connectivity index (χ0n) is 43.2. The molecule has 0 radical (unpaired) electrons. The van der Waals surface area contributed by atoms with E-state index in [4.69, 9.17) is 9.72 Å². The summed E-state index contributed by atoms with van der Waals surface area (Å²) in [7, 11) is 0. The molecule has 0 fully saturated rings. The molecule has 1 aromatic heterocycles. The van der Waals surface area contributed by atoms with Gasteiger partial charge in [-0.3, -0.25) is 9.80 Å². The van der Waals surface area contributed by atoms with Gasteiger partial charge in [0.05, 0.1) is 0 Å². The van der Waals surface area contributed by atoms with Crippen molar-refractivity contribution in [2.45, 2.75) is 52.4 Å². The van der Waals surface area contributed by atoms with Gasteiger partial charge in [-0.2, -0.15) is 0 Å². The van der Waals surface area contributed by atoms with Crippen LogP contribution in [0.25, 0.3) is 0 Å². The number of para-hydroxylation sites is 6. The third-order valence-electron chi connectivity index (χ3n) is 15.7. The lowest BCUT2D eigenvalue weighted by Crippen LogP contribution is -2.65. The molecule has 0 saturated carbocycles. The van der Waals surface area contributed by atoms with Crippen LogP contribution in [0.2, 0.25) is 0 Å². The number of nitrogens with zero attached hydrogens (tertiary/aromatic N) is 5. The average molecular weight is 968 g/mol. The molecular formula is C67H55B2N5O. The molecule has 0 amide bonds. The van der Waals surface area contributed by atoms with Crippen molar-refractivity contribution in [2.75, 3.05) is 19.6 Å². The summed E-state index contributed by atoms with van der Waals surface area (Å²) in [6, 6.07) is 82.0. The van der Waals surface area contributed by atoms with Crippen LogP contribution < -0.4 is 57.1 Å². The fourth-order valence-electron chi connectivity index (χ4n) is 12.1. The molecule has 14 rings (SSSR count). The van der Waals surface area contributed by atoms with Gasteiger partial charge in [0.2, 0.25) is 0 Å². The van der Waals surface area contributed by atoms with E-state index in [2.05, 4.69) is 286 Å². The molecule has 8 heteroatoms. The lowest BCUT2D eigenvalue weighted by atomic mass is 9.31. The van der Waals surface area contributed by atoms with Gasteiger partial charge in [-0.15, -0.1) is 0 Å². The molecule has 4 aliphatic heterocycles. The van der Waals surface area contributed by atoms with E-state index in [1.165, 1.54) is 27.7 Å². The van der Waals surface area contributed by atoms with Crippen molar-refractivity contribution in [2.24, 2.45) is 0 Å². The number of anilines is 12. The first-order chi connectivity index (χ1) is 36.5. The fourth-order valence-corrected chi connectivity index (χ4v) is 12.1. The molecule has 0 spiro atoms. The Labute approximate surface area is 441 Å². The second kappa shape index (κ2) is 16.9. The van der Waals surface area contributed by atoms with Crippen LogP contribution in [0.4, 0.5) is 68.5 Å². The molecule has 5 heterocycles. The van der Waals surface area contributed by atoms with Crippen LogP contribution in [0.1, 0.15) is 52.7 Å². The molecule has 0 N–H and O–H groups in total. The van der Waals surface area contributed by atoms with Crippen molar-refractivity contribution in [3.8, 4) is 11.5 Å². The summed E-state index contributed by atoms with van der Waals surface area (Å²) in [5, 5.41) is 0. The highest BCUT2D eigenvalue weighted by Crippen LogP contribution is 2.49. The quantitative estimate of drug-likeness (QED) is 0.155. The number of benzene rings is 9. The first-order valence-electron chi connectivity index (χ1n) is 26.3. The van der Waals surface area contributed by atoms with E-state index in [1.807, 2.05) is 0 Å². The summed E-state index contributed by atoms with van der Waals surface area (Å²) in [6.07, 6.45) is 0. The summed E-state index contributed by atoms with van der Waals surface area (Å²) in [6.45, 7) is 13.5. The summed E-state index contributed by atoms with van der Waals surface area (Å²) in [5.41, 5.74) is 20.2. The average Bonchev–Trinajstić information content (AvgIpc) is 3.56. The second-order valence-electron chi connectivity index (χ2n) is 22.4. The summed E-state index contributed by atoms with van der Waals surface area (Å²) in [4.78, 5) is 16.0. The molecular weight excluding hydrogens is 912 g/mol. The molecule has 0 atom stereocenters. The minimum absolute atomic E-state index is 0.146. The Hall–Kier alpha value is -8.74. The van der Waals surface area contributed by atoms with Crippen molar-refractivity contribution >= 4 is 115 Å². The maximum absolute atomic E-state index is 7.03. The Balaban J connectivity index is 1.11. The molecule has 360 valence electrons. The molecule has 0 unspecified atom stereocenters. The van der Waals surface area contributed by atoms with Gasteiger partial charge in [-0.05, 0) is 158 Å². The normalized spacial score (nSPS) is 13.7. The number of ether oxygens (including phenoxy) is 1. The predicted molar refractivity (Wildman–Crippen MR) is 316 cm³/mol. The van der Waals surface area contributed by atoms with Crippen LogP contribution in [-0.2, 0) is 10.8 Å². The second-order valence-corrected chi connectivity index (χ2v) is 22.4. The van der Waals surface area contributed by atoms with Crippen LogP contribution in [0.15, 0.2) is 224 Å². The van der Waals surface area contributed by atoms with Crippen LogP contribution in [0, 0.1) is 0 Å². The number of hydrogen-bond acceptors (Lipinski definition) is 6. The fraction of sp³-hybridized carbons (Fsp3) is 0.119. The van der Waals surface area contributed by atoms with Gasteiger partial charge in [0.25, 0.3) is 13.4 Å². The highest BCUT2D eigenvalue weighted by molar-refractivity contribution is 7.02. The Kier molecular flexibility index (Phi) is 10.1. The molecule has 6 nitrogen and oxygen atoms in total. The van der Waals surface area contributed by atoms with Crippen LogP contribution in [0.5, 0.6) is 11.5 Å². The standard InChI is InChI=1S/C67H55B2N5O/c1-66(2,3)44-38-57-62-58(39-44)73(49-30-18-10-19-31-49)64-54(68(62)52-37-36-51(42-56(52)72(57)48-28-16-9-17-29-48)71(46-24-12-7-13-25-46)47-26-14-8-15-27-47)43-55-65(70-64)74(50-32-20-11-21-33-50)59-40-45(67(4,5)6)41-61-63(59)69(55)53-34-22-23-35-60(53)75-61/h7-43H,1-6H3. The van der Waals surface area contributed by atoms with E-state index >= 15 is 0 Å². The Morgan fingerprint density at radius 2 is 0.800 bits per heavy atom. The molecule has 75 heavy (non-hydrogen) atoms. The van der Waals surface area contributed by atoms with Gasteiger partial charge in [-0.1, -0.05) is 163 Å². The first kappa shape index (κ1) is 44.9. The lowest BCUT2D eigenvalue weighted by Gasteiger charge is -2.46. The third kappa shape index (κ3) is 7.14. The number of hydrogen-bond donors (Lipinski definition) is 0. The van der Waals surface area contributed by atoms with E-state index in [9.17, 15) is 0 Å². The van der Waals surface area contributed by atoms with Crippen molar-refractivity contribution in [1.29, 1.82) is 0 Å². The van der Waals surface area contributed by atoms with Crippen molar-refractivity contribution in [1.82, 2.24) is 4.98 Å². The monoisotopic (exact) mass is 967 g/mol. The van der Waals surface area contributed by atoms with Gasteiger partial charge < -0.3 is 14.5 Å². The number of pyridine rings is 1. The van der Waals surface area contributed by atoms with Gasteiger partial charge in [0, 0.05) is 56.9 Å². The van der Waals surface area contributed by atoms with E-state index in [-0.39, 0.29) is 24.3 Å². The number of rotatable bonds is 6. The zero-order valence-corrected chi connectivity index (χ0v) is 43.2. The Morgan fingerprint density at radius 1 is 0.360 bits per heavy atom. The molecule has 9 aromatic carbocycles. The topological polar surface area (TPSA) is 35.1 Å². The molecule has 0 bridgehead atoms.